The molecule has 0 radical (unpaired) electrons. The van der Waals surface area contributed by atoms with Gasteiger partial charge in [0.1, 0.15) is 0 Å². The molecule has 1 N–H and O–H groups in total. The predicted molar refractivity (Wildman–Crippen MR) is 86.4 cm³/mol. The number of ether oxygens (including phenoxy) is 3. The lowest BCUT2D eigenvalue weighted by atomic mass is 9.95. The van der Waals surface area contributed by atoms with Crippen molar-refractivity contribution < 1.29 is 14.2 Å². The summed E-state index contributed by atoms with van der Waals surface area (Å²) in [5.74, 6) is 0. The summed E-state index contributed by atoms with van der Waals surface area (Å²) >= 11 is 0. The van der Waals surface area contributed by atoms with Gasteiger partial charge >= 0.3 is 0 Å². The van der Waals surface area contributed by atoms with E-state index in [4.69, 9.17) is 14.2 Å². The lowest BCUT2D eigenvalue weighted by molar-refractivity contribution is 0.117. The summed E-state index contributed by atoms with van der Waals surface area (Å²) in [6.07, 6.45) is 7.03. The van der Waals surface area contributed by atoms with E-state index in [1.165, 1.54) is 5.70 Å². The lowest BCUT2D eigenvalue weighted by Crippen LogP contribution is -2.18. The highest BCUT2D eigenvalue weighted by Gasteiger charge is 2.12. The van der Waals surface area contributed by atoms with Crippen LogP contribution in [0.3, 0.4) is 0 Å². The van der Waals surface area contributed by atoms with Gasteiger partial charge in [0.05, 0.1) is 18.2 Å². The second-order valence-corrected chi connectivity index (χ2v) is 5.31. The second-order valence-electron chi connectivity index (χ2n) is 5.31. The van der Waals surface area contributed by atoms with Crippen LogP contribution in [0.5, 0.6) is 0 Å². The molecule has 0 amide bonds. The van der Waals surface area contributed by atoms with Crippen LogP contribution in [0.4, 0.5) is 0 Å². The molecule has 0 aromatic carbocycles. The summed E-state index contributed by atoms with van der Waals surface area (Å²) in [7, 11) is 3.39. The maximum Gasteiger partial charge on any atom is 0.0974 e. The molecule has 0 unspecified atom stereocenters. The molecule has 0 heterocycles. The van der Waals surface area contributed by atoms with E-state index >= 15 is 0 Å². The van der Waals surface area contributed by atoms with Crippen LogP contribution in [0.2, 0.25) is 0 Å². The molecular formula is C17H28N2O3. The molecule has 0 aromatic heterocycles. The zero-order valence-corrected chi connectivity index (χ0v) is 13.8. The number of nitriles is 1. The van der Waals surface area contributed by atoms with Gasteiger partial charge in [0.15, 0.2) is 0 Å². The van der Waals surface area contributed by atoms with E-state index in [-0.39, 0.29) is 0 Å². The summed E-state index contributed by atoms with van der Waals surface area (Å²) in [4.78, 5) is 0. The first-order valence-electron chi connectivity index (χ1n) is 7.94. The van der Waals surface area contributed by atoms with Gasteiger partial charge < -0.3 is 19.5 Å². The van der Waals surface area contributed by atoms with Crippen LogP contribution in [0.25, 0.3) is 0 Å². The van der Waals surface area contributed by atoms with Crippen molar-refractivity contribution in [3.8, 4) is 6.07 Å². The van der Waals surface area contributed by atoms with E-state index < -0.39 is 0 Å². The average Bonchev–Trinajstić information content (AvgIpc) is 2.55. The Morgan fingerprint density at radius 3 is 2.68 bits per heavy atom. The van der Waals surface area contributed by atoms with Crippen molar-refractivity contribution >= 4 is 0 Å². The van der Waals surface area contributed by atoms with Gasteiger partial charge in [0.25, 0.3) is 0 Å². The minimum absolute atomic E-state index is 0.392. The monoisotopic (exact) mass is 308 g/mol. The molecule has 0 fully saturated rings. The average molecular weight is 308 g/mol. The van der Waals surface area contributed by atoms with Crippen LogP contribution in [-0.2, 0) is 14.2 Å². The number of hydrogen-bond acceptors (Lipinski definition) is 5. The Balaban J connectivity index is 2.48. The van der Waals surface area contributed by atoms with Crippen molar-refractivity contribution in [2.75, 3.05) is 47.2 Å². The zero-order valence-electron chi connectivity index (χ0n) is 13.8. The van der Waals surface area contributed by atoms with E-state index in [1.807, 2.05) is 0 Å². The molecule has 0 aliphatic heterocycles. The van der Waals surface area contributed by atoms with Gasteiger partial charge in [-0.1, -0.05) is 0 Å². The molecule has 0 saturated heterocycles. The molecule has 0 bridgehead atoms. The highest BCUT2D eigenvalue weighted by molar-refractivity contribution is 5.38. The molecule has 0 saturated carbocycles. The van der Waals surface area contributed by atoms with Crippen molar-refractivity contribution in [1.29, 1.82) is 5.26 Å². The van der Waals surface area contributed by atoms with Crippen molar-refractivity contribution in [3.05, 3.63) is 22.9 Å². The van der Waals surface area contributed by atoms with Crippen molar-refractivity contribution in [1.82, 2.24) is 5.32 Å². The van der Waals surface area contributed by atoms with Gasteiger partial charge in [-0.25, -0.2) is 0 Å². The van der Waals surface area contributed by atoms with Gasteiger partial charge in [-0.05, 0) is 43.8 Å². The van der Waals surface area contributed by atoms with E-state index in [2.05, 4.69) is 17.5 Å². The number of nitrogens with zero attached hydrogens (tertiary/aromatic N) is 1. The van der Waals surface area contributed by atoms with Crippen LogP contribution < -0.4 is 5.32 Å². The highest BCUT2D eigenvalue weighted by Crippen LogP contribution is 2.23. The van der Waals surface area contributed by atoms with Crippen LogP contribution in [0.15, 0.2) is 22.9 Å². The van der Waals surface area contributed by atoms with E-state index in [0.29, 0.717) is 19.8 Å². The molecule has 5 heteroatoms. The first-order valence-corrected chi connectivity index (χ1v) is 7.94. The number of rotatable bonds is 11. The molecule has 0 atom stereocenters. The topological polar surface area (TPSA) is 63.5 Å². The number of allylic oxidation sites excluding steroid dienone is 3. The Bertz CT molecular complexity index is 411. The maximum atomic E-state index is 9.33. The maximum absolute atomic E-state index is 9.33. The van der Waals surface area contributed by atoms with Crippen molar-refractivity contribution in [3.63, 3.8) is 0 Å². The Morgan fingerprint density at radius 1 is 1.18 bits per heavy atom. The molecule has 1 aliphatic rings. The smallest absolute Gasteiger partial charge is 0.0974 e. The van der Waals surface area contributed by atoms with Crippen LogP contribution in [0, 0.1) is 11.3 Å². The Kier molecular flexibility index (Phi) is 10.4. The molecular weight excluding hydrogens is 280 g/mol. The standard InChI is InChI=1S/C17H28N2O3/c1-20-9-4-8-19-17-7-3-6-15(12-17)16(13-18)14-22-11-5-10-21-2/h12,19H,3-11,14H2,1-2H3/b16-15-. The summed E-state index contributed by atoms with van der Waals surface area (Å²) in [6.45, 7) is 3.37. The van der Waals surface area contributed by atoms with Crippen molar-refractivity contribution in [2.45, 2.75) is 32.1 Å². The number of hydrogen-bond donors (Lipinski definition) is 1. The minimum Gasteiger partial charge on any atom is -0.388 e. The van der Waals surface area contributed by atoms with E-state index in [1.54, 1.807) is 14.2 Å². The quantitative estimate of drug-likeness (QED) is 0.469. The van der Waals surface area contributed by atoms with Crippen LogP contribution >= 0.6 is 0 Å². The van der Waals surface area contributed by atoms with Gasteiger partial charge in [0.2, 0.25) is 0 Å². The summed E-state index contributed by atoms with van der Waals surface area (Å²) in [5.41, 5.74) is 3.06. The third-order valence-corrected chi connectivity index (χ3v) is 3.52. The fourth-order valence-corrected chi connectivity index (χ4v) is 2.34. The Hall–Kier alpha value is -1.35. The molecule has 5 nitrogen and oxygen atoms in total. The van der Waals surface area contributed by atoms with Crippen molar-refractivity contribution in [2.24, 2.45) is 0 Å². The predicted octanol–water partition coefficient (Wildman–Crippen LogP) is 2.55. The first-order chi connectivity index (χ1) is 10.8. The van der Waals surface area contributed by atoms with Crippen LogP contribution in [0.1, 0.15) is 32.1 Å². The fourth-order valence-electron chi connectivity index (χ4n) is 2.34. The highest BCUT2D eigenvalue weighted by atomic mass is 16.5. The number of methoxy groups -OCH3 is 2. The van der Waals surface area contributed by atoms with Crippen LogP contribution in [-0.4, -0.2) is 47.2 Å². The third kappa shape index (κ3) is 7.60. The molecule has 1 aliphatic carbocycles. The van der Waals surface area contributed by atoms with E-state index in [0.717, 1.165) is 56.4 Å². The third-order valence-electron chi connectivity index (χ3n) is 3.52. The number of nitrogens with one attached hydrogen (secondary N) is 1. The van der Waals surface area contributed by atoms with Gasteiger partial charge in [-0.2, -0.15) is 5.26 Å². The lowest BCUT2D eigenvalue weighted by Gasteiger charge is -2.18. The largest absolute Gasteiger partial charge is 0.388 e. The Labute approximate surface area is 133 Å². The molecule has 124 valence electrons. The Morgan fingerprint density at radius 2 is 1.95 bits per heavy atom. The SMILES string of the molecule is COCCCNC1=C/C(=C(/C#N)COCCCOC)CCC1. The zero-order chi connectivity index (χ0) is 16.0. The van der Waals surface area contributed by atoms with Gasteiger partial charge in [0, 0.05) is 46.3 Å². The summed E-state index contributed by atoms with van der Waals surface area (Å²) < 4.78 is 15.6. The minimum atomic E-state index is 0.392. The molecule has 0 spiro atoms. The summed E-state index contributed by atoms with van der Waals surface area (Å²) in [5, 5.41) is 12.8. The van der Waals surface area contributed by atoms with E-state index in [9.17, 15) is 5.26 Å². The molecule has 0 aromatic rings. The normalized spacial score (nSPS) is 16.9. The first kappa shape index (κ1) is 18.7. The summed E-state index contributed by atoms with van der Waals surface area (Å²) in [6, 6.07) is 2.29. The fraction of sp³-hybridized carbons (Fsp3) is 0.706. The van der Waals surface area contributed by atoms with Gasteiger partial charge in [-0.3, -0.25) is 0 Å². The molecule has 22 heavy (non-hydrogen) atoms. The second kappa shape index (κ2) is 12.2. The molecule has 1 rings (SSSR count). The van der Waals surface area contributed by atoms with Gasteiger partial charge in [-0.15, -0.1) is 0 Å².